The highest BCUT2D eigenvalue weighted by atomic mass is 32.2. The van der Waals surface area contributed by atoms with Gasteiger partial charge in [-0.2, -0.15) is 0 Å². The fourth-order valence-corrected chi connectivity index (χ4v) is 9.88. The number of aryl methyl sites for hydroxylation is 1. The van der Waals surface area contributed by atoms with E-state index in [1.54, 1.807) is 12.0 Å². The molecule has 1 aromatic heterocycles. The number of allylic oxidation sites excluding steroid dienone is 2. The number of thiazole rings is 1. The van der Waals surface area contributed by atoms with Gasteiger partial charge >= 0.3 is 0 Å². The summed E-state index contributed by atoms with van der Waals surface area (Å²) in [7, 11) is -2.17. The zero-order chi connectivity index (χ0) is 34.9. The standard InChI is InChI=1S/C38H45N3O7S2/c1-47-28-16-19-31-34(21-28)49-37(39-31)48-29-20-32-33(42)23-38(36(44)40-50(45,46)30-17-18-30)22-27(38)13-9-4-2-3-8-12-26(35(43)41(32)24-29)15-14-25-10-6-5-7-11-25/h5-7,9-11,13,16,19,21,26-27,29-30,32H,2-4,8,12,14-15,17-18,20,22-24H2,1H3,(H,40,44)/b13-9-/t26-,27-,29-,32+,38-/m1/s1. The molecule has 4 aliphatic rings. The highest BCUT2D eigenvalue weighted by molar-refractivity contribution is 7.90. The molecule has 2 saturated carbocycles. The van der Waals surface area contributed by atoms with E-state index in [4.69, 9.17) is 9.47 Å². The van der Waals surface area contributed by atoms with Crippen LogP contribution in [0.5, 0.6) is 10.9 Å². The summed E-state index contributed by atoms with van der Waals surface area (Å²) in [6.07, 6.45) is 11.0. The van der Waals surface area contributed by atoms with E-state index in [0.29, 0.717) is 36.6 Å². The van der Waals surface area contributed by atoms with Crippen molar-refractivity contribution >= 4 is 49.2 Å². The minimum Gasteiger partial charge on any atom is -0.497 e. The number of carbonyl (C=O) groups excluding carboxylic acids is 3. The van der Waals surface area contributed by atoms with Crippen LogP contribution in [0, 0.1) is 17.3 Å². The van der Waals surface area contributed by atoms with E-state index in [1.807, 2.05) is 42.5 Å². The number of rotatable bonds is 9. The first-order chi connectivity index (χ1) is 24.1. The Morgan fingerprint density at radius 2 is 1.90 bits per heavy atom. The van der Waals surface area contributed by atoms with Crippen molar-refractivity contribution in [2.45, 2.75) is 94.4 Å². The number of nitrogens with one attached hydrogen (secondary N) is 1. The van der Waals surface area contributed by atoms with Crippen molar-refractivity contribution in [1.29, 1.82) is 0 Å². The minimum absolute atomic E-state index is 0.0606. The van der Waals surface area contributed by atoms with Crippen LogP contribution in [0.1, 0.15) is 76.2 Å². The number of ketones is 1. The van der Waals surface area contributed by atoms with Crippen molar-refractivity contribution in [3.8, 4) is 10.9 Å². The number of methoxy groups -OCH3 is 1. The summed E-state index contributed by atoms with van der Waals surface area (Å²) in [6.45, 7) is 0.231. The summed E-state index contributed by atoms with van der Waals surface area (Å²) in [6, 6.07) is 15.0. The van der Waals surface area contributed by atoms with Gasteiger partial charge in [-0.1, -0.05) is 66.7 Å². The summed E-state index contributed by atoms with van der Waals surface area (Å²) >= 11 is 1.39. The van der Waals surface area contributed by atoms with Crippen molar-refractivity contribution < 1.29 is 32.3 Å². The molecule has 1 saturated heterocycles. The first kappa shape index (κ1) is 34.7. The van der Waals surface area contributed by atoms with Crippen LogP contribution in [-0.2, 0) is 30.8 Å². The molecule has 12 heteroatoms. The monoisotopic (exact) mass is 719 g/mol. The molecule has 0 bridgehead atoms. The van der Waals surface area contributed by atoms with Gasteiger partial charge in [0.15, 0.2) is 5.78 Å². The van der Waals surface area contributed by atoms with Gasteiger partial charge in [0.05, 0.1) is 40.6 Å². The summed E-state index contributed by atoms with van der Waals surface area (Å²) in [5.41, 5.74) is 0.786. The number of ether oxygens (including phenoxy) is 2. The minimum atomic E-state index is -3.79. The maximum absolute atomic E-state index is 14.5. The second kappa shape index (κ2) is 14.5. The number of amides is 2. The van der Waals surface area contributed by atoms with Crippen LogP contribution in [0.15, 0.2) is 60.7 Å². The third kappa shape index (κ3) is 7.61. The predicted molar refractivity (Wildman–Crippen MR) is 191 cm³/mol. The number of hydrogen-bond donors (Lipinski definition) is 1. The smallest absolute Gasteiger partial charge is 0.274 e. The Labute approximate surface area is 297 Å². The Morgan fingerprint density at radius 1 is 1.08 bits per heavy atom. The molecule has 2 aliphatic carbocycles. The second-order valence-electron chi connectivity index (χ2n) is 14.4. The highest BCUT2D eigenvalue weighted by Gasteiger charge is 2.61. The van der Waals surface area contributed by atoms with Crippen molar-refractivity contribution in [2.75, 3.05) is 13.7 Å². The fourth-order valence-electron chi connectivity index (χ4n) is 7.59. The van der Waals surface area contributed by atoms with E-state index in [-0.39, 0.29) is 42.9 Å². The van der Waals surface area contributed by atoms with Crippen LogP contribution in [0.2, 0.25) is 0 Å². The molecule has 2 aromatic carbocycles. The third-order valence-electron chi connectivity index (χ3n) is 10.8. The van der Waals surface area contributed by atoms with Gasteiger partial charge in [-0.25, -0.2) is 13.4 Å². The number of Topliss-reactive ketones (excluding diaryl/α,β-unsaturated/α-hetero) is 1. The number of nitrogens with zero attached hydrogens (tertiary/aromatic N) is 2. The van der Waals surface area contributed by atoms with Crippen LogP contribution >= 0.6 is 11.3 Å². The number of hydrogen-bond acceptors (Lipinski definition) is 9. The van der Waals surface area contributed by atoms with Gasteiger partial charge < -0.3 is 14.4 Å². The SMILES string of the molecule is COc1ccc2nc(O[C@@H]3C[C@H]4C(=O)C[C@]5(C(=O)NS(=O)(=O)C6CC6)C[C@H]5/C=C\CCCCC[C@H](CCc5ccccc5)C(=O)N4C3)sc2c1. The van der Waals surface area contributed by atoms with E-state index < -0.39 is 38.7 Å². The van der Waals surface area contributed by atoms with Gasteiger partial charge in [0.2, 0.25) is 21.8 Å². The normalized spacial score (nSPS) is 28.2. The first-order valence-corrected chi connectivity index (χ1v) is 20.2. The molecular formula is C38H45N3O7S2. The Morgan fingerprint density at radius 3 is 2.68 bits per heavy atom. The highest BCUT2D eigenvalue weighted by Crippen LogP contribution is 2.57. The lowest BCUT2D eigenvalue weighted by molar-refractivity contribution is -0.142. The number of benzene rings is 2. The summed E-state index contributed by atoms with van der Waals surface area (Å²) in [5, 5.41) is -0.0964. The average Bonchev–Trinajstić information content (AvgIpc) is 4.00. The molecule has 3 aromatic rings. The number of sulfonamides is 1. The Bertz CT molecular complexity index is 1870. The number of fused-ring (bicyclic) bond motifs is 3. The molecule has 266 valence electrons. The van der Waals surface area contributed by atoms with E-state index >= 15 is 0 Å². The summed E-state index contributed by atoms with van der Waals surface area (Å²) in [5.74, 6) is -0.685. The molecule has 0 spiro atoms. The van der Waals surface area contributed by atoms with Gasteiger partial charge in [-0.3, -0.25) is 19.1 Å². The lowest BCUT2D eigenvalue weighted by Crippen LogP contribution is -2.46. The third-order valence-corrected chi connectivity index (χ3v) is 13.5. The van der Waals surface area contributed by atoms with Crippen LogP contribution in [-0.4, -0.2) is 66.9 Å². The van der Waals surface area contributed by atoms with Gasteiger partial charge in [-0.15, -0.1) is 0 Å². The van der Waals surface area contributed by atoms with Crippen LogP contribution in [0.25, 0.3) is 10.2 Å². The van der Waals surface area contributed by atoms with Gasteiger partial charge in [-0.05, 0) is 81.0 Å². The molecular weight excluding hydrogens is 675 g/mol. The average molecular weight is 720 g/mol. The molecule has 50 heavy (non-hydrogen) atoms. The molecule has 0 radical (unpaired) electrons. The Balaban J connectivity index is 1.16. The number of aromatic nitrogens is 1. The first-order valence-electron chi connectivity index (χ1n) is 17.9. The molecule has 3 heterocycles. The van der Waals surface area contributed by atoms with Gasteiger partial charge in [0, 0.05) is 18.8 Å². The van der Waals surface area contributed by atoms with Crippen molar-refractivity contribution in [3.05, 3.63) is 66.2 Å². The molecule has 3 fully saturated rings. The lowest BCUT2D eigenvalue weighted by atomic mass is 9.90. The zero-order valence-electron chi connectivity index (χ0n) is 28.4. The van der Waals surface area contributed by atoms with Crippen molar-refractivity contribution in [1.82, 2.24) is 14.6 Å². The van der Waals surface area contributed by atoms with E-state index in [2.05, 4.69) is 27.9 Å². The molecule has 5 atom stereocenters. The Hall–Kier alpha value is -3.77. The molecule has 10 nitrogen and oxygen atoms in total. The fraction of sp³-hybridized carbons (Fsp3) is 0.526. The van der Waals surface area contributed by atoms with Crippen LogP contribution in [0.3, 0.4) is 0 Å². The van der Waals surface area contributed by atoms with Crippen LogP contribution < -0.4 is 14.2 Å². The van der Waals surface area contributed by atoms with Crippen LogP contribution in [0.4, 0.5) is 0 Å². The summed E-state index contributed by atoms with van der Waals surface area (Å²) in [4.78, 5) is 49.0. The van der Waals surface area contributed by atoms with E-state index in [1.165, 1.54) is 11.3 Å². The largest absolute Gasteiger partial charge is 0.497 e. The number of carbonyl (C=O) groups is 3. The quantitative estimate of drug-likeness (QED) is 0.267. The Kier molecular flexibility index (Phi) is 10.0. The maximum Gasteiger partial charge on any atom is 0.274 e. The topological polar surface area (TPSA) is 132 Å². The van der Waals surface area contributed by atoms with Crippen molar-refractivity contribution in [2.24, 2.45) is 17.3 Å². The summed E-state index contributed by atoms with van der Waals surface area (Å²) < 4.78 is 40.6. The predicted octanol–water partition coefficient (Wildman–Crippen LogP) is 6.00. The molecule has 2 aliphatic heterocycles. The van der Waals surface area contributed by atoms with Gasteiger partial charge in [0.25, 0.3) is 5.19 Å². The molecule has 0 unspecified atom stereocenters. The molecule has 2 amide bonds. The lowest BCUT2D eigenvalue weighted by Gasteiger charge is -2.29. The molecule has 7 rings (SSSR count). The van der Waals surface area contributed by atoms with Crippen molar-refractivity contribution in [3.63, 3.8) is 0 Å². The zero-order valence-corrected chi connectivity index (χ0v) is 30.1. The van der Waals surface area contributed by atoms with E-state index in [0.717, 1.165) is 54.3 Å². The second-order valence-corrected chi connectivity index (χ2v) is 17.3. The maximum atomic E-state index is 14.5. The molecule has 1 N–H and O–H groups in total. The van der Waals surface area contributed by atoms with E-state index in [9.17, 15) is 22.8 Å². The van der Waals surface area contributed by atoms with Gasteiger partial charge in [0.1, 0.15) is 11.9 Å².